The van der Waals surface area contributed by atoms with Crippen molar-refractivity contribution in [2.45, 2.75) is 32.4 Å². The third kappa shape index (κ3) is 6.87. The molecule has 2 amide bonds. The van der Waals surface area contributed by atoms with Crippen LogP contribution in [0.1, 0.15) is 20.3 Å². The van der Waals surface area contributed by atoms with E-state index in [0.717, 1.165) is 0 Å². The lowest BCUT2D eigenvalue weighted by molar-refractivity contribution is -0.122. The van der Waals surface area contributed by atoms with Crippen LogP contribution < -0.4 is 22.1 Å². The minimum atomic E-state index is -0.497. The SMILES string of the molecule is C[C@H](N)C(=O)NCCCNC(=O)[C@H](C)N. The molecule has 0 aromatic carbocycles. The Balaban J connectivity index is 3.40. The maximum atomic E-state index is 11.0. The van der Waals surface area contributed by atoms with Crippen molar-refractivity contribution < 1.29 is 9.59 Å². The summed E-state index contributed by atoms with van der Waals surface area (Å²) in [6, 6.07) is -0.993. The number of carbonyl (C=O) groups excluding carboxylic acids is 2. The Morgan fingerprint density at radius 1 is 1.00 bits per heavy atom. The van der Waals surface area contributed by atoms with E-state index in [4.69, 9.17) is 11.5 Å². The molecule has 0 heterocycles. The lowest BCUT2D eigenvalue weighted by Gasteiger charge is -2.09. The molecule has 6 nitrogen and oxygen atoms in total. The van der Waals surface area contributed by atoms with Gasteiger partial charge in [-0.25, -0.2) is 0 Å². The molecule has 15 heavy (non-hydrogen) atoms. The molecule has 0 radical (unpaired) electrons. The fraction of sp³-hybridized carbons (Fsp3) is 0.778. The van der Waals surface area contributed by atoms with Gasteiger partial charge in [-0.1, -0.05) is 0 Å². The normalized spacial score (nSPS) is 14.1. The summed E-state index contributed by atoms with van der Waals surface area (Å²) in [4.78, 5) is 22.0. The molecule has 0 saturated heterocycles. The summed E-state index contributed by atoms with van der Waals surface area (Å²) in [6.45, 7) is 4.24. The Morgan fingerprint density at radius 2 is 1.33 bits per heavy atom. The third-order valence-electron chi connectivity index (χ3n) is 1.78. The molecule has 6 heteroatoms. The molecule has 0 spiro atoms. The van der Waals surface area contributed by atoms with Gasteiger partial charge < -0.3 is 22.1 Å². The second kappa shape index (κ2) is 7.19. The minimum absolute atomic E-state index is 0.187. The smallest absolute Gasteiger partial charge is 0.236 e. The molecule has 0 fully saturated rings. The molecular formula is C9H20N4O2. The van der Waals surface area contributed by atoms with Crippen molar-refractivity contribution in [2.75, 3.05) is 13.1 Å². The lowest BCUT2D eigenvalue weighted by Crippen LogP contribution is -2.41. The minimum Gasteiger partial charge on any atom is -0.355 e. The van der Waals surface area contributed by atoms with E-state index in [1.807, 2.05) is 0 Å². The van der Waals surface area contributed by atoms with Gasteiger partial charge in [-0.05, 0) is 20.3 Å². The number of hydrogen-bond donors (Lipinski definition) is 4. The number of hydrogen-bond acceptors (Lipinski definition) is 4. The molecule has 0 aliphatic rings. The summed E-state index contributed by atoms with van der Waals surface area (Å²) in [7, 11) is 0. The van der Waals surface area contributed by atoms with Crippen molar-refractivity contribution in [3.05, 3.63) is 0 Å². The Morgan fingerprint density at radius 3 is 1.60 bits per heavy atom. The molecule has 0 bridgehead atoms. The summed E-state index contributed by atoms with van der Waals surface area (Å²) in [6.07, 6.45) is 0.664. The van der Waals surface area contributed by atoms with Gasteiger partial charge in [0.1, 0.15) is 0 Å². The number of rotatable bonds is 6. The number of nitrogens with one attached hydrogen (secondary N) is 2. The lowest BCUT2D eigenvalue weighted by atomic mass is 10.3. The van der Waals surface area contributed by atoms with Crippen LogP contribution in [-0.4, -0.2) is 37.0 Å². The molecule has 6 N–H and O–H groups in total. The molecule has 2 atom stereocenters. The van der Waals surface area contributed by atoms with Gasteiger partial charge in [0.15, 0.2) is 0 Å². The molecular weight excluding hydrogens is 196 g/mol. The van der Waals surface area contributed by atoms with Gasteiger partial charge in [0.2, 0.25) is 11.8 Å². The maximum absolute atomic E-state index is 11.0. The molecule has 0 aromatic heterocycles. The summed E-state index contributed by atoms with van der Waals surface area (Å²) < 4.78 is 0. The molecule has 0 aliphatic carbocycles. The van der Waals surface area contributed by atoms with Crippen LogP contribution in [0.2, 0.25) is 0 Å². The van der Waals surface area contributed by atoms with E-state index in [0.29, 0.717) is 19.5 Å². The molecule has 0 rings (SSSR count). The highest BCUT2D eigenvalue weighted by Crippen LogP contribution is 1.80. The van der Waals surface area contributed by atoms with E-state index in [9.17, 15) is 9.59 Å². The highest BCUT2D eigenvalue weighted by atomic mass is 16.2. The highest BCUT2D eigenvalue weighted by Gasteiger charge is 2.07. The topological polar surface area (TPSA) is 110 Å². The number of nitrogens with two attached hydrogens (primary N) is 2. The van der Waals surface area contributed by atoms with Gasteiger partial charge in [0.25, 0.3) is 0 Å². The Kier molecular flexibility index (Phi) is 6.64. The quantitative estimate of drug-likeness (QED) is 0.397. The Bertz CT molecular complexity index is 194. The van der Waals surface area contributed by atoms with Crippen LogP contribution in [-0.2, 0) is 9.59 Å². The number of amides is 2. The first-order valence-corrected chi connectivity index (χ1v) is 5.01. The fourth-order valence-electron chi connectivity index (χ4n) is 0.834. The first kappa shape index (κ1) is 13.9. The van der Waals surface area contributed by atoms with Crippen LogP contribution >= 0.6 is 0 Å². The average Bonchev–Trinajstić information content (AvgIpc) is 2.16. The van der Waals surface area contributed by atoms with Gasteiger partial charge >= 0.3 is 0 Å². The highest BCUT2D eigenvalue weighted by molar-refractivity contribution is 5.81. The standard InChI is InChI=1S/C9H20N4O2/c1-6(10)8(14)12-4-3-5-13-9(15)7(2)11/h6-7H,3-5,10-11H2,1-2H3,(H,12,14)(H,13,15)/t6-,7-/m0/s1. The maximum Gasteiger partial charge on any atom is 0.236 e. The van der Waals surface area contributed by atoms with Crippen LogP contribution in [0.15, 0.2) is 0 Å². The van der Waals surface area contributed by atoms with Gasteiger partial charge in [-0.2, -0.15) is 0 Å². The van der Waals surface area contributed by atoms with Crippen molar-refractivity contribution in [3.8, 4) is 0 Å². The van der Waals surface area contributed by atoms with Crippen LogP contribution in [0, 0.1) is 0 Å². The van der Waals surface area contributed by atoms with E-state index in [1.54, 1.807) is 13.8 Å². The molecule has 0 aromatic rings. The second-order valence-corrected chi connectivity index (χ2v) is 3.51. The predicted molar refractivity (Wildman–Crippen MR) is 57.9 cm³/mol. The zero-order valence-corrected chi connectivity index (χ0v) is 9.25. The van der Waals surface area contributed by atoms with Crippen molar-refractivity contribution >= 4 is 11.8 Å². The fourth-order valence-corrected chi connectivity index (χ4v) is 0.834. The Hall–Kier alpha value is -1.14. The van der Waals surface area contributed by atoms with Gasteiger partial charge in [-0.3, -0.25) is 9.59 Å². The predicted octanol–water partition coefficient (Wildman–Crippen LogP) is -1.70. The zero-order chi connectivity index (χ0) is 11.8. The number of carbonyl (C=O) groups is 2. The second-order valence-electron chi connectivity index (χ2n) is 3.51. The van der Waals surface area contributed by atoms with Gasteiger partial charge in [0, 0.05) is 13.1 Å². The zero-order valence-electron chi connectivity index (χ0n) is 9.25. The van der Waals surface area contributed by atoms with Crippen molar-refractivity contribution in [3.63, 3.8) is 0 Å². The van der Waals surface area contributed by atoms with Crippen molar-refractivity contribution in [1.82, 2.24) is 10.6 Å². The van der Waals surface area contributed by atoms with E-state index in [2.05, 4.69) is 10.6 Å². The summed E-state index contributed by atoms with van der Waals surface area (Å²) in [5, 5.41) is 5.28. The van der Waals surface area contributed by atoms with Crippen molar-refractivity contribution in [2.24, 2.45) is 11.5 Å². The van der Waals surface area contributed by atoms with Crippen LogP contribution in [0.4, 0.5) is 0 Å². The monoisotopic (exact) mass is 216 g/mol. The van der Waals surface area contributed by atoms with Gasteiger partial charge in [0.05, 0.1) is 12.1 Å². The van der Waals surface area contributed by atoms with Crippen LogP contribution in [0.25, 0.3) is 0 Å². The van der Waals surface area contributed by atoms with Crippen molar-refractivity contribution in [1.29, 1.82) is 0 Å². The van der Waals surface area contributed by atoms with E-state index in [1.165, 1.54) is 0 Å². The van der Waals surface area contributed by atoms with Crippen LogP contribution in [0.5, 0.6) is 0 Å². The Labute approximate surface area is 89.8 Å². The van der Waals surface area contributed by atoms with E-state index < -0.39 is 12.1 Å². The van der Waals surface area contributed by atoms with Crippen LogP contribution in [0.3, 0.4) is 0 Å². The first-order chi connectivity index (χ1) is 6.95. The summed E-state index contributed by atoms with van der Waals surface area (Å²) in [5.74, 6) is -0.373. The van der Waals surface area contributed by atoms with E-state index >= 15 is 0 Å². The summed E-state index contributed by atoms with van der Waals surface area (Å²) in [5.41, 5.74) is 10.7. The van der Waals surface area contributed by atoms with E-state index in [-0.39, 0.29) is 11.8 Å². The molecule has 88 valence electrons. The average molecular weight is 216 g/mol. The largest absolute Gasteiger partial charge is 0.355 e. The molecule has 0 saturated carbocycles. The molecule has 0 aliphatic heterocycles. The van der Waals surface area contributed by atoms with Gasteiger partial charge in [-0.15, -0.1) is 0 Å². The third-order valence-corrected chi connectivity index (χ3v) is 1.78. The molecule has 0 unspecified atom stereocenters. The summed E-state index contributed by atoms with van der Waals surface area (Å²) >= 11 is 0. The first-order valence-electron chi connectivity index (χ1n) is 5.01.